The number of hydrogen-bond acceptors (Lipinski definition) is 4. The van der Waals surface area contributed by atoms with Gasteiger partial charge in [0, 0.05) is 38.1 Å². The molecule has 0 bridgehead atoms. The Kier molecular flexibility index (Phi) is 3.37. The van der Waals surface area contributed by atoms with Crippen molar-refractivity contribution in [1.82, 2.24) is 25.1 Å². The fourth-order valence-electron chi connectivity index (χ4n) is 3.07. The van der Waals surface area contributed by atoms with Gasteiger partial charge >= 0.3 is 0 Å². The van der Waals surface area contributed by atoms with Gasteiger partial charge in [0.15, 0.2) is 0 Å². The number of aromatic amines is 1. The van der Waals surface area contributed by atoms with Crippen LogP contribution in [-0.4, -0.2) is 65.6 Å². The molecule has 1 fully saturated rings. The SMILES string of the molecule is CN(C)C1CCN(CC2Cc3nc[nH]c3CN2)C1. The van der Waals surface area contributed by atoms with E-state index in [0.29, 0.717) is 6.04 Å². The van der Waals surface area contributed by atoms with Crippen LogP contribution in [-0.2, 0) is 13.0 Å². The quantitative estimate of drug-likeness (QED) is 0.795. The summed E-state index contributed by atoms with van der Waals surface area (Å²) in [5.74, 6) is 0. The molecule has 2 unspecified atom stereocenters. The molecule has 100 valence electrons. The number of likely N-dealkylation sites (N-methyl/N-ethyl adjacent to an activating group) is 1. The van der Waals surface area contributed by atoms with E-state index in [1.165, 1.54) is 30.9 Å². The fraction of sp³-hybridized carbons (Fsp3) is 0.769. The average Bonchev–Trinajstić information content (AvgIpc) is 2.96. The monoisotopic (exact) mass is 249 g/mol. The van der Waals surface area contributed by atoms with Crippen molar-refractivity contribution in [3.63, 3.8) is 0 Å². The molecule has 0 aromatic carbocycles. The van der Waals surface area contributed by atoms with Crippen molar-refractivity contribution >= 4 is 0 Å². The van der Waals surface area contributed by atoms with E-state index in [9.17, 15) is 0 Å². The van der Waals surface area contributed by atoms with Crippen molar-refractivity contribution in [1.29, 1.82) is 0 Å². The van der Waals surface area contributed by atoms with Crippen molar-refractivity contribution in [2.24, 2.45) is 0 Å². The Balaban J connectivity index is 1.53. The van der Waals surface area contributed by atoms with Crippen molar-refractivity contribution in [2.75, 3.05) is 33.7 Å². The summed E-state index contributed by atoms with van der Waals surface area (Å²) in [7, 11) is 4.37. The first-order valence-electron chi connectivity index (χ1n) is 6.85. The number of nitrogens with one attached hydrogen (secondary N) is 2. The van der Waals surface area contributed by atoms with Crippen LogP contribution in [0, 0.1) is 0 Å². The van der Waals surface area contributed by atoms with Crippen LogP contribution in [0.4, 0.5) is 0 Å². The molecule has 0 radical (unpaired) electrons. The molecule has 2 aliphatic heterocycles. The summed E-state index contributed by atoms with van der Waals surface area (Å²) in [5, 5.41) is 3.61. The molecule has 3 heterocycles. The third-order valence-corrected chi connectivity index (χ3v) is 4.27. The van der Waals surface area contributed by atoms with Crippen molar-refractivity contribution in [2.45, 2.75) is 31.5 Å². The molecule has 2 aliphatic rings. The molecular formula is C13H23N5. The van der Waals surface area contributed by atoms with Gasteiger partial charge in [-0.15, -0.1) is 0 Å². The predicted molar refractivity (Wildman–Crippen MR) is 71.5 cm³/mol. The lowest BCUT2D eigenvalue weighted by Crippen LogP contribution is -2.44. The van der Waals surface area contributed by atoms with Gasteiger partial charge in [-0.25, -0.2) is 4.98 Å². The van der Waals surface area contributed by atoms with Gasteiger partial charge in [-0.3, -0.25) is 0 Å². The zero-order valence-corrected chi connectivity index (χ0v) is 11.3. The highest BCUT2D eigenvalue weighted by Crippen LogP contribution is 2.17. The summed E-state index contributed by atoms with van der Waals surface area (Å²) in [6.07, 6.45) is 4.17. The maximum Gasteiger partial charge on any atom is 0.0925 e. The maximum absolute atomic E-state index is 4.40. The van der Waals surface area contributed by atoms with E-state index in [2.05, 4.69) is 39.2 Å². The number of fused-ring (bicyclic) bond motifs is 1. The Morgan fingerprint density at radius 1 is 1.50 bits per heavy atom. The molecule has 5 nitrogen and oxygen atoms in total. The van der Waals surface area contributed by atoms with Crippen LogP contribution in [0.15, 0.2) is 6.33 Å². The summed E-state index contributed by atoms with van der Waals surface area (Å²) < 4.78 is 0. The predicted octanol–water partition coefficient (Wildman–Crippen LogP) is 0.0599. The second-order valence-corrected chi connectivity index (χ2v) is 5.78. The second kappa shape index (κ2) is 4.99. The largest absolute Gasteiger partial charge is 0.347 e. The molecule has 0 aliphatic carbocycles. The maximum atomic E-state index is 4.40. The molecule has 0 spiro atoms. The molecule has 5 heteroatoms. The third kappa shape index (κ3) is 2.43. The van der Waals surface area contributed by atoms with Gasteiger partial charge in [-0.2, -0.15) is 0 Å². The fourth-order valence-corrected chi connectivity index (χ4v) is 3.07. The molecule has 1 aromatic rings. The molecule has 2 atom stereocenters. The van der Waals surface area contributed by atoms with Gasteiger partial charge in [0.2, 0.25) is 0 Å². The van der Waals surface area contributed by atoms with E-state index < -0.39 is 0 Å². The third-order valence-electron chi connectivity index (χ3n) is 4.27. The first kappa shape index (κ1) is 12.1. The Hall–Kier alpha value is -0.910. The van der Waals surface area contributed by atoms with Crippen LogP contribution in [0.2, 0.25) is 0 Å². The van der Waals surface area contributed by atoms with Crippen LogP contribution in [0.3, 0.4) is 0 Å². The minimum absolute atomic E-state index is 0.557. The topological polar surface area (TPSA) is 47.2 Å². The van der Waals surface area contributed by atoms with Crippen molar-refractivity contribution < 1.29 is 0 Å². The number of H-pyrrole nitrogens is 1. The van der Waals surface area contributed by atoms with E-state index in [0.717, 1.165) is 25.6 Å². The molecule has 1 saturated heterocycles. The van der Waals surface area contributed by atoms with Gasteiger partial charge in [0.1, 0.15) is 0 Å². The van der Waals surface area contributed by atoms with Gasteiger partial charge in [0.05, 0.1) is 17.7 Å². The van der Waals surface area contributed by atoms with Crippen LogP contribution in [0.25, 0.3) is 0 Å². The number of nitrogens with zero attached hydrogens (tertiary/aromatic N) is 3. The zero-order chi connectivity index (χ0) is 12.5. The van der Waals surface area contributed by atoms with Crippen molar-refractivity contribution in [3.05, 3.63) is 17.7 Å². The average molecular weight is 249 g/mol. The Labute approximate surface area is 109 Å². The number of likely N-dealkylation sites (tertiary alicyclic amines) is 1. The number of hydrogen-bond donors (Lipinski definition) is 2. The van der Waals surface area contributed by atoms with Gasteiger partial charge in [0.25, 0.3) is 0 Å². The lowest BCUT2D eigenvalue weighted by Gasteiger charge is -2.28. The molecule has 3 rings (SSSR count). The van der Waals surface area contributed by atoms with Crippen LogP contribution >= 0.6 is 0 Å². The summed E-state index contributed by atoms with van der Waals surface area (Å²) in [4.78, 5) is 12.5. The van der Waals surface area contributed by atoms with Gasteiger partial charge in [-0.05, 0) is 27.1 Å². The molecule has 0 amide bonds. The summed E-state index contributed by atoms with van der Waals surface area (Å²) in [6.45, 7) is 4.52. The lowest BCUT2D eigenvalue weighted by atomic mass is 10.1. The van der Waals surface area contributed by atoms with Crippen molar-refractivity contribution in [3.8, 4) is 0 Å². The number of aromatic nitrogens is 2. The van der Waals surface area contributed by atoms with E-state index in [1.54, 1.807) is 0 Å². The number of imidazole rings is 1. The molecular weight excluding hydrogens is 226 g/mol. The first-order chi connectivity index (χ1) is 8.72. The number of rotatable bonds is 3. The van der Waals surface area contributed by atoms with E-state index in [-0.39, 0.29) is 0 Å². The standard InChI is InChI=1S/C13H23N5/c1-17(2)11-3-4-18(8-11)7-10-5-12-13(6-14-10)16-9-15-12/h9-11,14H,3-8H2,1-2H3,(H,15,16). The van der Waals surface area contributed by atoms with E-state index in [1.807, 2.05) is 6.33 Å². The van der Waals surface area contributed by atoms with Gasteiger partial charge in [-0.1, -0.05) is 0 Å². The summed E-state index contributed by atoms with van der Waals surface area (Å²) in [5.41, 5.74) is 2.51. The Morgan fingerprint density at radius 3 is 3.17 bits per heavy atom. The van der Waals surface area contributed by atoms with Crippen LogP contribution in [0.1, 0.15) is 17.8 Å². The molecule has 18 heavy (non-hydrogen) atoms. The normalized spacial score (nSPS) is 28.8. The second-order valence-electron chi connectivity index (χ2n) is 5.78. The lowest BCUT2D eigenvalue weighted by molar-refractivity contribution is 0.245. The zero-order valence-electron chi connectivity index (χ0n) is 11.3. The highest BCUT2D eigenvalue weighted by Gasteiger charge is 2.27. The highest BCUT2D eigenvalue weighted by atomic mass is 15.2. The Morgan fingerprint density at radius 2 is 2.39 bits per heavy atom. The Bertz CT molecular complexity index is 400. The van der Waals surface area contributed by atoms with Crippen LogP contribution in [0.5, 0.6) is 0 Å². The minimum Gasteiger partial charge on any atom is -0.347 e. The summed E-state index contributed by atoms with van der Waals surface area (Å²) in [6, 6.07) is 1.29. The van der Waals surface area contributed by atoms with E-state index >= 15 is 0 Å². The highest BCUT2D eigenvalue weighted by molar-refractivity contribution is 5.16. The van der Waals surface area contributed by atoms with Crippen LogP contribution < -0.4 is 5.32 Å². The smallest absolute Gasteiger partial charge is 0.0925 e. The van der Waals surface area contributed by atoms with E-state index in [4.69, 9.17) is 0 Å². The molecule has 1 aromatic heterocycles. The molecule has 2 N–H and O–H groups in total. The first-order valence-corrected chi connectivity index (χ1v) is 6.85. The minimum atomic E-state index is 0.557. The summed E-state index contributed by atoms with van der Waals surface area (Å²) >= 11 is 0. The van der Waals surface area contributed by atoms with Gasteiger partial charge < -0.3 is 20.1 Å². The molecule has 0 saturated carbocycles.